The average Bonchev–Trinajstić information content (AvgIpc) is 1.92. The van der Waals surface area contributed by atoms with Gasteiger partial charge >= 0.3 is 0 Å². The molecule has 1 rings (SSSR count). The van der Waals surface area contributed by atoms with Gasteiger partial charge in [0.2, 0.25) is 0 Å². The molecule has 1 fully saturated rings. The van der Waals surface area contributed by atoms with Crippen LogP contribution in [-0.4, -0.2) is 44.4 Å². The zero-order chi connectivity index (χ0) is 12.8. The van der Waals surface area contributed by atoms with Gasteiger partial charge < -0.3 is 10.2 Å². The van der Waals surface area contributed by atoms with Crippen molar-refractivity contribution in [1.29, 1.82) is 0 Å². The minimum atomic E-state index is -0.698. The van der Waals surface area contributed by atoms with E-state index >= 15 is 0 Å². The molecule has 0 aromatic rings. The molecule has 2 N–H and O–H groups in total. The number of hydrogen-bond donors (Lipinski definition) is 2. The third-order valence-electron chi connectivity index (χ3n) is 3.48. The van der Waals surface area contributed by atoms with E-state index in [1.807, 2.05) is 13.8 Å². The van der Waals surface area contributed by atoms with Crippen molar-refractivity contribution < 1.29 is 10.2 Å². The molecule has 0 saturated carbocycles. The Bertz CT molecular complexity index is 235. The Kier molecular flexibility index (Phi) is 3.46. The fourth-order valence-corrected chi connectivity index (χ4v) is 3.08. The van der Waals surface area contributed by atoms with E-state index in [1.165, 1.54) is 0 Å². The monoisotopic (exact) mass is 229 g/mol. The van der Waals surface area contributed by atoms with Crippen LogP contribution in [0, 0.1) is 0 Å². The van der Waals surface area contributed by atoms with Crippen molar-refractivity contribution in [3.05, 3.63) is 0 Å². The highest BCUT2D eigenvalue weighted by molar-refractivity contribution is 5.01. The van der Waals surface area contributed by atoms with E-state index in [1.54, 1.807) is 0 Å². The van der Waals surface area contributed by atoms with E-state index in [4.69, 9.17) is 0 Å². The second-order valence-corrected chi connectivity index (χ2v) is 7.09. The van der Waals surface area contributed by atoms with Crippen LogP contribution in [0.25, 0.3) is 0 Å². The molecule has 0 bridgehead atoms. The van der Waals surface area contributed by atoms with Gasteiger partial charge in [0, 0.05) is 17.6 Å². The van der Waals surface area contributed by atoms with Gasteiger partial charge in [-0.15, -0.1) is 0 Å². The van der Waals surface area contributed by atoms with Gasteiger partial charge in [-0.05, 0) is 54.4 Å². The molecule has 0 radical (unpaired) electrons. The Balaban J connectivity index is 2.93. The molecule has 0 amide bonds. The molecule has 16 heavy (non-hydrogen) atoms. The molecule has 0 unspecified atom stereocenters. The van der Waals surface area contributed by atoms with E-state index in [0.29, 0.717) is 6.54 Å². The van der Waals surface area contributed by atoms with Crippen LogP contribution in [0.1, 0.15) is 54.4 Å². The molecular formula is C13H27NO2. The summed E-state index contributed by atoms with van der Waals surface area (Å²) in [6.07, 6.45) is 1.31. The molecule has 1 saturated heterocycles. The molecule has 0 aromatic carbocycles. The van der Waals surface area contributed by atoms with Crippen LogP contribution >= 0.6 is 0 Å². The van der Waals surface area contributed by atoms with Crippen LogP contribution in [0.2, 0.25) is 0 Å². The fourth-order valence-electron chi connectivity index (χ4n) is 3.08. The number of hydrogen-bond acceptors (Lipinski definition) is 3. The van der Waals surface area contributed by atoms with Crippen LogP contribution in [0.15, 0.2) is 0 Å². The lowest BCUT2D eigenvalue weighted by atomic mass is 9.77. The fraction of sp³-hybridized carbons (Fsp3) is 1.00. The van der Waals surface area contributed by atoms with Gasteiger partial charge in [-0.3, -0.25) is 4.90 Å². The van der Waals surface area contributed by atoms with Crippen LogP contribution in [-0.2, 0) is 0 Å². The van der Waals surface area contributed by atoms with Crippen LogP contribution in [0.3, 0.4) is 0 Å². The number of β-amino-alcohol motifs (C(OH)–C–C–N with tert-alkyl or cyclic N) is 1. The normalized spacial score (nSPS) is 27.0. The van der Waals surface area contributed by atoms with Crippen molar-refractivity contribution in [2.75, 3.05) is 6.54 Å². The summed E-state index contributed by atoms with van der Waals surface area (Å²) >= 11 is 0. The second-order valence-electron chi connectivity index (χ2n) is 7.09. The predicted molar refractivity (Wildman–Crippen MR) is 66.4 cm³/mol. The Labute approximate surface area is 99.5 Å². The maximum atomic E-state index is 10.00. The Morgan fingerprint density at radius 3 is 1.81 bits per heavy atom. The van der Waals surface area contributed by atoms with Crippen LogP contribution < -0.4 is 0 Å². The number of aliphatic hydroxyl groups excluding tert-OH is 1. The molecule has 0 atom stereocenters. The highest BCUT2D eigenvalue weighted by atomic mass is 16.3. The first-order valence-corrected chi connectivity index (χ1v) is 6.12. The van der Waals surface area contributed by atoms with E-state index < -0.39 is 5.60 Å². The molecular weight excluding hydrogens is 202 g/mol. The third kappa shape index (κ3) is 3.19. The predicted octanol–water partition coefficient (Wildman–Crippen LogP) is 1.77. The van der Waals surface area contributed by atoms with Crippen molar-refractivity contribution >= 4 is 0 Å². The van der Waals surface area contributed by atoms with Crippen LogP contribution in [0.4, 0.5) is 0 Å². The summed E-state index contributed by atoms with van der Waals surface area (Å²) in [5.74, 6) is 0. The van der Waals surface area contributed by atoms with Crippen molar-refractivity contribution in [2.45, 2.75) is 77.2 Å². The number of likely N-dealkylation sites (tertiary alicyclic amines) is 1. The molecule has 96 valence electrons. The van der Waals surface area contributed by atoms with Gasteiger partial charge in [-0.25, -0.2) is 0 Å². The lowest BCUT2D eigenvalue weighted by Crippen LogP contribution is -2.64. The molecule has 0 spiro atoms. The highest BCUT2D eigenvalue weighted by Crippen LogP contribution is 2.39. The van der Waals surface area contributed by atoms with Crippen molar-refractivity contribution in [1.82, 2.24) is 4.90 Å². The zero-order valence-electron chi connectivity index (χ0n) is 11.5. The second kappa shape index (κ2) is 3.97. The minimum Gasteiger partial charge on any atom is -0.393 e. The molecule has 1 heterocycles. The first-order valence-electron chi connectivity index (χ1n) is 6.12. The van der Waals surface area contributed by atoms with E-state index in [9.17, 15) is 10.2 Å². The standard InChI is InChI=1S/C13H27NO2/c1-11(2)7-10(15)8-12(3,4)14(11)9-13(5,6)16/h10,15-16H,7-9H2,1-6H3. The van der Waals surface area contributed by atoms with E-state index in [-0.39, 0.29) is 17.2 Å². The smallest absolute Gasteiger partial charge is 0.0718 e. The Morgan fingerprint density at radius 2 is 1.50 bits per heavy atom. The molecule has 3 heteroatoms. The SMILES string of the molecule is CC(C)(O)CN1C(C)(C)CC(O)CC1(C)C. The lowest BCUT2D eigenvalue weighted by molar-refractivity contribution is -0.112. The van der Waals surface area contributed by atoms with Gasteiger partial charge in [0.15, 0.2) is 0 Å². The maximum Gasteiger partial charge on any atom is 0.0718 e. The summed E-state index contributed by atoms with van der Waals surface area (Å²) in [5, 5.41) is 19.9. The van der Waals surface area contributed by atoms with Crippen molar-refractivity contribution in [3.63, 3.8) is 0 Å². The molecule has 3 nitrogen and oxygen atoms in total. The third-order valence-corrected chi connectivity index (χ3v) is 3.48. The highest BCUT2D eigenvalue weighted by Gasteiger charge is 2.46. The first-order chi connectivity index (χ1) is 6.94. The van der Waals surface area contributed by atoms with Gasteiger partial charge in [0.1, 0.15) is 0 Å². The number of aliphatic hydroxyl groups is 2. The molecule has 1 aliphatic rings. The van der Waals surface area contributed by atoms with Crippen LogP contribution in [0.5, 0.6) is 0 Å². The molecule has 0 aliphatic carbocycles. The summed E-state index contributed by atoms with van der Waals surface area (Å²) in [5.41, 5.74) is -0.834. The quantitative estimate of drug-likeness (QED) is 0.758. The van der Waals surface area contributed by atoms with Gasteiger partial charge in [-0.2, -0.15) is 0 Å². The van der Waals surface area contributed by atoms with Crippen molar-refractivity contribution in [3.8, 4) is 0 Å². The molecule has 0 aromatic heterocycles. The maximum absolute atomic E-state index is 10.00. The average molecular weight is 229 g/mol. The summed E-state index contributed by atoms with van der Waals surface area (Å²) in [6.45, 7) is 12.9. The van der Waals surface area contributed by atoms with E-state index in [0.717, 1.165) is 12.8 Å². The number of nitrogens with zero attached hydrogens (tertiary/aromatic N) is 1. The molecule has 1 aliphatic heterocycles. The summed E-state index contributed by atoms with van der Waals surface area (Å²) in [7, 11) is 0. The van der Waals surface area contributed by atoms with E-state index in [2.05, 4.69) is 32.6 Å². The topological polar surface area (TPSA) is 43.7 Å². The summed E-state index contributed by atoms with van der Waals surface area (Å²) < 4.78 is 0. The van der Waals surface area contributed by atoms with Gasteiger partial charge in [0.05, 0.1) is 11.7 Å². The minimum absolute atomic E-state index is 0.0683. The van der Waals surface area contributed by atoms with Gasteiger partial charge in [-0.1, -0.05) is 0 Å². The summed E-state index contributed by atoms with van der Waals surface area (Å²) in [4.78, 5) is 2.33. The first kappa shape index (κ1) is 13.9. The number of rotatable bonds is 2. The summed E-state index contributed by atoms with van der Waals surface area (Å²) in [6, 6.07) is 0. The largest absolute Gasteiger partial charge is 0.393 e. The zero-order valence-corrected chi connectivity index (χ0v) is 11.5. The Morgan fingerprint density at radius 1 is 1.12 bits per heavy atom. The van der Waals surface area contributed by atoms with Crippen molar-refractivity contribution in [2.24, 2.45) is 0 Å². The lowest BCUT2D eigenvalue weighted by Gasteiger charge is -2.55. The van der Waals surface area contributed by atoms with Gasteiger partial charge in [0.25, 0.3) is 0 Å². The Hall–Kier alpha value is -0.120. The number of piperidine rings is 1.